The van der Waals surface area contributed by atoms with E-state index in [9.17, 15) is 14.4 Å². The lowest BCUT2D eigenvalue weighted by Crippen LogP contribution is -2.34. The summed E-state index contributed by atoms with van der Waals surface area (Å²) < 4.78 is 5.05. The molecule has 0 saturated carbocycles. The Hall–Kier alpha value is -3.68. The molecule has 0 fully saturated rings. The normalized spacial score (nSPS) is 10.4. The number of H-pyrrole nitrogens is 1. The van der Waals surface area contributed by atoms with Gasteiger partial charge >= 0.3 is 0 Å². The summed E-state index contributed by atoms with van der Waals surface area (Å²) in [6.45, 7) is -0.174. The molecule has 3 N–H and O–H groups in total. The van der Waals surface area contributed by atoms with Gasteiger partial charge in [-0.2, -0.15) is 5.10 Å². The van der Waals surface area contributed by atoms with Crippen LogP contribution in [0.3, 0.4) is 0 Å². The van der Waals surface area contributed by atoms with E-state index >= 15 is 0 Å². The van der Waals surface area contributed by atoms with Crippen molar-refractivity contribution in [3.63, 3.8) is 0 Å². The van der Waals surface area contributed by atoms with Gasteiger partial charge in [-0.25, -0.2) is 5.10 Å². The standard InChI is InChI=1S/C19H18N4O4/c1-27-13-8-6-12(7-9-13)21-18(25)11-20-17(24)10-16-14-4-2-3-5-15(14)19(26)23-22-16/h2-9H,10-11H2,1H3,(H,20,24)(H,21,25)(H,23,26). The lowest BCUT2D eigenvalue weighted by Gasteiger charge is -2.08. The molecule has 0 aliphatic heterocycles. The molecule has 0 aliphatic carbocycles. The maximum Gasteiger partial charge on any atom is 0.272 e. The Morgan fingerprint density at radius 1 is 1.04 bits per heavy atom. The predicted molar refractivity (Wildman–Crippen MR) is 101 cm³/mol. The summed E-state index contributed by atoms with van der Waals surface area (Å²) in [6, 6.07) is 13.8. The quantitative estimate of drug-likeness (QED) is 0.607. The summed E-state index contributed by atoms with van der Waals surface area (Å²) in [7, 11) is 1.56. The second kappa shape index (κ2) is 8.13. The number of hydrogen-bond donors (Lipinski definition) is 3. The van der Waals surface area contributed by atoms with Crippen molar-refractivity contribution in [1.82, 2.24) is 15.5 Å². The zero-order chi connectivity index (χ0) is 19.2. The first-order valence-electron chi connectivity index (χ1n) is 8.23. The van der Waals surface area contributed by atoms with E-state index in [-0.39, 0.29) is 30.3 Å². The summed E-state index contributed by atoms with van der Waals surface area (Å²) in [5.41, 5.74) is 0.732. The molecular formula is C19H18N4O4. The van der Waals surface area contributed by atoms with Crippen LogP contribution in [0.4, 0.5) is 5.69 Å². The molecular weight excluding hydrogens is 348 g/mol. The lowest BCUT2D eigenvalue weighted by atomic mass is 10.1. The Morgan fingerprint density at radius 2 is 1.74 bits per heavy atom. The minimum atomic E-state index is -0.371. The topological polar surface area (TPSA) is 113 Å². The van der Waals surface area contributed by atoms with Gasteiger partial charge in [0.2, 0.25) is 11.8 Å². The van der Waals surface area contributed by atoms with Crippen molar-refractivity contribution in [3.8, 4) is 5.75 Å². The second-order valence-electron chi connectivity index (χ2n) is 5.78. The summed E-state index contributed by atoms with van der Waals surface area (Å²) in [5.74, 6) is -0.0423. The van der Waals surface area contributed by atoms with Gasteiger partial charge in [0.05, 0.1) is 31.2 Å². The van der Waals surface area contributed by atoms with E-state index in [0.29, 0.717) is 27.9 Å². The fraction of sp³-hybridized carbons (Fsp3) is 0.158. The number of nitrogens with one attached hydrogen (secondary N) is 3. The van der Waals surface area contributed by atoms with Crippen LogP contribution >= 0.6 is 0 Å². The van der Waals surface area contributed by atoms with Crippen molar-refractivity contribution >= 4 is 28.3 Å². The number of carbonyl (C=O) groups is 2. The molecule has 0 atom stereocenters. The Bertz CT molecular complexity index is 1030. The van der Waals surface area contributed by atoms with Gasteiger partial charge in [-0.15, -0.1) is 0 Å². The summed E-state index contributed by atoms with van der Waals surface area (Å²) >= 11 is 0. The molecule has 1 heterocycles. The second-order valence-corrected chi connectivity index (χ2v) is 5.78. The molecule has 8 heteroatoms. The van der Waals surface area contributed by atoms with Crippen molar-refractivity contribution in [3.05, 3.63) is 64.6 Å². The summed E-state index contributed by atoms with van der Waals surface area (Å²) in [4.78, 5) is 35.9. The molecule has 138 valence electrons. The average Bonchev–Trinajstić information content (AvgIpc) is 2.69. The van der Waals surface area contributed by atoms with Crippen molar-refractivity contribution < 1.29 is 14.3 Å². The van der Waals surface area contributed by atoms with Crippen LogP contribution in [0, 0.1) is 0 Å². The highest BCUT2D eigenvalue weighted by Gasteiger charge is 2.12. The Morgan fingerprint density at radius 3 is 2.44 bits per heavy atom. The van der Waals surface area contributed by atoms with Crippen LogP contribution in [-0.4, -0.2) is 35.7 Å². The molecule has 2 amide bonds. The largest absolute Gasteiger partial charge is 0.497 e. The molecule has 8 nitrogen and oxygen atoms in total. The van der Waals surface area contributed by atoms with Gasteiger partial charge in [-0.3, -0.25) is 14.4 Å². The molecule has 2 aromatic carbocycles. The molecule has 0 spiro atoms. The first kappa shape index (κ1) is 18.1. The fourth-order valence-corrected chi connectivity index (χ4v) is 2.58. The van der Waals surface area contributed by atoms with Crippen LogP contribution in [0.15, 0.2) is 53.3 Å². The van der Waals surface area contributed by atoms with Gasteiger partial charge in [-0.1, -0.05) is 18.2 Å². The number of amides is 2. The maximum atomic E-state index is 12.1. The minimum Gasteiger partial charge on any atom is -0.497 e. The van der Waals surface area contributed by atoms with Crippen LogP contribution in [0.25, 0.3) is 10.8 Å². The predicted octanol–water partition coefficient (Wildman–Crippen LogP) is 1.23. The third-order valence-electron chi connectivity index (χ3n) is 3.92. The number of fused-ring (bicyclic) bond motifs is 1. The smallest absolute Gasteiger partial charge is 0.272 e. The molecule has 0 saturated heterocycles. The molecule has 1 aromatic heterocycles. The zero-order valence-corrected chi connectivity index (χ0v) is 14.6. The fourth-order valence-electron chi connectivity index (χ4n) is 2.58. The highest BCUT2D eigenvalue weighted by Crippen LogP contribution is 2.15. The Labute approximate surface area is 154 Å². The van der Waals surface area contributed by atoms with Crippen molar-refractivity contribution in [2.45, 2.75) is 6.42 Å². The lowest BCUT2D eigenvalue weighted by molar-refractivity contribution is -0.123. The molecule has 27 heavy (non-hydrogen) atoms. The van der Waals surface area contributed by atoms with E-state index < -0.39 is 0 Å². The molecule has 0 radical (unpaired) electrons. The number of rotatable bonds is 6. The third kappa shape index (κ3) is 4.49. The van der Waals surface area contributed by atoms with Crippen LogP contribution < -0.4 is 20.9 Å². The van der Waals surface area contributed by atoms with Crippen LogP contribution in [0.1, 0.15) is 5.69 Å². The average molecular weight is 366 g/mol. The van der Waals surface area contributed by atoms with Gasteiger partial charge in [0.15, 0.2) is 0 Å². The molecule has 0 aliphatic rings. The van der Waals surface area contributed by atoms with Crippen molar-refractivity contribution in [2.24, 2.45) is 0 Å². The maximum absolute atomic E-state index is 12.1. The van der Waals surface area contributed by atoms with E-state index in [1.54, 1.807) is 55.6 Å². The SMILES string of the molecule is COc1ccc(NC(=O)CNC(=O)Cc2n[nH]c(=O)c3ccccc23)cc1. The summed E-state index contributed by atoms with van der Waals surface area (Å²) in [5, 5.41) is 12.6. The Balaban J connectivity index is 1.57. The van der Waals surface area contributed by atoms with Crippen molar-refractivity contribution in [1.29, 1.82) is 0 Å². The molecule has 0 unspecified atom stereocenters. The summed E-state index contributed by atoms with van der Waals surface area (Å²) in [6.07, 6.45) is -0.0485. The van der Waals surface area contributed by atoms with Gasteiger partial charge in [-0.05, 0) is 30.3 Å². The van der Waals surface area contributed by atoms with E-state index in [1.165, 1.54) is 0 Å². The van der Waals surface area contributed by atoms with Gasteiger partial charge < -0.3 is 15.4 Å². The first-order valence-corrected chi connectivity index (χ1v) is 8.23. The van der Waals surface area contributed by atoms with Crippen LogP contribution in [0.2, 0.25) is 0 Å². The number of anilines is 1. The number of methoxy groups -OCH3 is 1. The van der Waals surface area contributed by atoms with Crippen LogP contribution in [0.5, 0.6) is 5.75 Å². The third-order valence-corrected chi connectivity index (χ3v) is 3.92. The number of nitrogens with zero attached hydrogens (tertiary/aromatic N) is 1. The number of benzene rings is 2. The van der Waals surface area contributed by atoms with E-state index in [0.717, 1.165) is 0 Å². The van der Waals surface area contributed by atoms with E-state index in [1.807, 2.05) is 0 Å². The highest BCUT2D eigenvalue weighted by molar-refractivity contribution is 5.95. The Kier molecular flexibility index (Phi) is 5.46. The molecule has 3 rings (SSSR count). The number of carbonyl (C=O) groups excluding carboxylic acids is 2. The number of aromatic amines is 1. The highest BCUT2D eigenvalue weighted by atomic mass is 16.5. The van der Waals surface area contributed by atoms with Gasteiger partial charge in [0.1, 0.15) is 5.75 Å². The monoisotopic (exact) mass is 366 g/mol. The van der Waals surface area contributed by atoms with Crippen LogP contribution in [-0.2, 0) is 16.0 Å². The number of ether oxygens (including phenoxy) is 1. The van der Waals surface area contributed by atoms with Gasteiger partial charge in [0, 0.05) is 11.1 Å². The minimum absolute atomic E-state index is 0.0485. The molecule has 0 bridgehead atoms. The van der Waals surface area contributed by atoms with Crippen molar-refractivity contribution in [2.75, 3.05) is 19.0 Å². The van der Waals surface area contributed by atoms with E-state index in [2.05, 4.69) is 20.8 Å². The number of hydrogen-bond acceptors (Lipinski definition) is 5. The first-order chi connectivity index (χ1) is 13.1. The van der Waals surface area contributed by atoms with Gasteiger partial charge in [0.25, 0.3) is 5.56 Å². The zero-order valence-electron chi connectivity index (χ0n) is 14.6. The van der Waals surface area contributed by atoms with E-state index in [4.69, 9.17) is 4.74 Å². The molecule has 3 aromatic rings. The number of aromatic nitrogens is 2.